The topological polar surface area (TPSA) is 58.6 Å². The van der Waals surface area contributed by atoms with E-state index in [0.717, 1.165) is 51.6 Å². The van der Waals surface area contributed by atoms with Crippen LogP contribution in [0, 0.1) is 0 Å². The number of carbonyl (C=O) groups is 2. The molecule has 3 rings (SSSR count). The molecule has 0 aromatic heterocycles. The number of carbonyl (C=O) groups excluding carboxylic acids is 2. The number of nitrogens with zero attached hydrogens (tertiary/aromatic N) is 1. The molecular weight excluding hydrogens is 244 g/mol. The Balaban J connectivity index is 1.63. The molecule has 1 aliphatic carbocycles. The molecule has 106 valence electrons. The standard InChI is InChI=1S/C14H22N2O3/c17-12-10-16(8-5-11-4-3-9-19-11)13(18)14(15-12)6-1-2-7-14/h11H,1-10H2,(H,15,17). The minimum atomic E-state index is -0.578. The van der Waals surface area contributed by atoms with Crippen LogP contribution in [0.15, 0.2) is 0 Å². The Hall–Kier alpha value is -1.10. The Kier molecular flexibility index (Phi) is 3.48. The first-order valence-electron chi connectivity index (χ1n) is 7.42. The van der Waals surface area contributed by atoms with Gasteiger partial charge < -0.3 is 15.0 Å². The second kappa shape index (κ2) is 5.12. The molecule has 1 unspecified atom stereocenters. The molecule has 1 N–H and O–H groups in total. The van der Waals surface area contributed by atoms with Gasteiger partial charge >= 0.3 is 0 Å². The third kappa shape index (κ3) is 2.48. The average molecular weight is 266 g/mol. The lowest BCUT2D eigenvalue weighted by atomic mass is 9.93. The third-order valence-corrected chi connectivity index (χ3v) is 4.61. The van der Waals surface area contributed by atoms with Gasteiger partial charge in [-0.05, 0) is 32.1 Å². The van der Waals surface area contributed by atoms with E-state index in [1.165, 1.54) is 0 Å². The van der Waals surface area contributed by atoms with Crippen molar-refractivity contribution >= 4 is 11.8 Å². The number of piperazine rings is 1. The van der Waals surface area contributed by atoms with E-state index in [9.17, 15) is 9.59 Å². The Morgan fingerprint density at radius 2 is 2.05 bits per heavy atom. The minimum Gasteiger partial charge on any atom is -0.378 e. The molecular formula is C14H22N2O3. The highest BCUT2D eigenvalue weighted by atomic mass is 16.5. The van der Waals surface area contributed by atoms with Gasteiger partial charge in [0.2, 0.25) is 11.8 Å². The van der Waals surface area contributed by atoms with Crippen LogP contribution in [-0.2, 0) is 14.3 Å². The number of nitrogens with one attached hydrogen (secondary N) is 1. The van der Waals surface area contributed by atoms with Gasteiger partial charge in [0.25, 0.3) is 0 Å². The summed E-state index contributed by atoms with van der Waals surface area (Å²) in [5.41, 5.74) is -0.578. The number of rotatable bonds is 3. The zero-order valence-electron chi connectivity index (χ0n) is 11.3. The first kappa shape index (κ1) is 12.9. The summed E-state index contributed by atoms with van der Waals surface area (Å²) in [6.07, 6.45) is 6.99. The highest BCUT2D eigenvalue weighted by Crippen LogP contribution is 2.33. The molecule has 1 spiro atoms. The van der Waals surface area contributed by atoms with Gasteiger partial charge in [-0.25, -0.2) is 0 Å². The van der Waals surface area contributed by atoms with Gasteiger partial charge in [-0.1, -0.05) is 12.8 Å². The van der Waals surface area contributed by atoms with E-state index in [-0.39, 0.29) is 24.5 Å². The largest absolute Gasteiger partial charge is 0.378 e. The predicted octanol–water partition coefficient (Wildman–Crippen LogP) is 0.827. The van der Waals surface area contributed by atoms with Crippen molar-refractivity contribution in [2.24, 2.45) is 0 Å². The lowest BCUT2D eigenvalue weighted by Crippen LogP contribution is -2.65. The summed E-state index contributed by atoms with van der Waals surface area (Å²) in [4.78, 5) is 26.2. The van der Waals surface area contributed by atoms with Crippen molar-refractivity contribution in [3.8, 4) is 0 Å². The predicted molar refractivity (Wildman–Crippen MR) is 69.5 cm³/mol. The van der Waals surface area contributed by atoms with Gasteiger partial charge in [-0.3, -0.25) is 9.59 Å². The van der Waals surface area contributed by atoms with E-state index >= 15 is 0 Å². The molecule has 1 atom stereocenters. The lowest BCUT2D eigenvalue weighted by molar-refractivity contribution is -0.150. The normalized spacial score (nSPS) is 30.1. The van der Waals surface area contributed by atoms with E-state index < -0.39 is 5.54 Å². The maximum Gasteiger partial charge on any atom is 0.248 e. The van der Waals surface area contributed by atoms with Crippen LogP contribution >= 0.6 is 0 Å². The van der Waals surface area contributed by atoms with Crippen LogP contribution in [0.3, 0.4) is 0 Å². The van der Waals surface area contributed by atoms with Gasteiger partial charge in [0.15, 0.2) is 0 Å². The van der Waals surface area contributed by atoms with E-state index in [1.54, 1.807) is 4.90 Å². The molecule has 0 aromatic carbocycles. The SMILES string of the molecule is O=C1CN(CCC2CCCO2)C(=O)C2(CCCC2)N1. The smallest absolute Gasteiger partial charge is 0.248 e. The summed E-state index contributed by atoms with van der Waals surface area (Å²) >= 11 is 0. The van der Waals surface area contributed by atoms with Crippen LogP contribution in [0.2, 0.25) is 0 Å². The van der Waals surface area contributed by atoms with Gasteiger partial charge in [-0.2, -0.15) is 0 Å². The third-order valence-electron chi connectivity index (χ3n) is 4.61. The highest BCUT2D eigenvalue weighted by molar-refractivity contribution is 5.98. The number of amides is 2. The van der Waals surface area contributed by atoms with Gasteiger partial charge in [-0.15, -0.1) is 0 Å². The Morgan fingerprint density at radius 3 is 2.74 bits per heavy atom. The average Bonchev–Trinajstić information content (AvgIpc) is 3.04. The molecule has 19 heavy (non-hydrogen) atoms. The highest BCUT2D eigenvalue weighted by Gasteiger charge is 2.48. The summed E-state index contributed by atoms with van der Waals surface area (Å²) in [5, 5.41) is 2.94. The second-order valence-corrected chi connectivity index (χ2v) is 5.99. The van der Waals surface area contributed by atoms with Crippen LogP contribution in [0.4, 0.5) is 0 Å². The molecule has 0 aromatic rings. The molecule has 0 radical (unpaired) electrons. The molecule has 2 saturated heterocycles. The van der Waals surface area contributed by atoms with Crippen LogP contribution in [0.5, 0.6) is 0 Å². The summed E-state index contributed by atoms with van der Waals surface area (Å²) in [6, 6.07) is 0. The molecule has 5 nitrogen and oxygen atoms in total. The van der Waals surface area contributed by atoms with Crippen molar-refractivity contribution in [1.29, 1.82) is 0 Å². The van der Waals surface area contributed by atoms with Crippen LogP contribution < -0.4 is 5.32 Å². The number of ether oxygens (including phenoxy) is 1. The maximum atomic E-state index is 12.6. The molecule has 1 saturated carbocycles. The van der Waals surface area contributed by atoms with Crippen LogP contribution in [0.1, 0.15) is 44.9 Å². The Labute approximate surface area is 113 Å². The summed E-state index contributed by atoms with van der Waals surface area (Å²) in [6.45, 7) is 1.70. The van der Waals surface area contributed by atoms with Crippen molar-refractivity contribution in [2.75, 3.05) is 19.7 Å². The van der Waals surface area contributed by atoms with Gasteiger partial charge in [0, 0.05) is 13.2 Å². The number of hydrogen-bond donors (Lipinski definition) is 1. The monoisotopic (exact) mass is 266 g/mol. The van der Waals surface area contributed by atoms with E-state index in [2.05, 4.69) is 5.32 Å². The fraction of sp³-hybridized carbons (Fsp3) is 0.857. The van der Waals surface area contributed by atoms with Crippen molar-refractivity contribution in [3.63, 3.8) is 0 Å². The second-order valence-electron chi connectivity index (χ2n) is 5.99. The first-order valence-corrected chi connectivity index (χ1v) is 7.42. The Morgan fingerprint density at radius 1 is 1.26 bits per heavy atom. The minimum absolute atomic E-state index is 0.00570. The summed E-state index contributed by atoms with van der Waals surface area (Å²) in [5.74, 6) is 0.122. The molecule has 2 amide bonds. The van der Waals surface area contributed by atoms with Crippen molar-refractivity contribution in [3.05, 3.63) is 0 Å². The van der Waals surface area contributed by atoms with E-state index in [4.69, 9.17) is 4.74 Å². The molecule has 3 aliphatic rings. The fourth-order valence-corrected chi connectivity index (χ4v) is 3.58. The van der Waals surface area contributed by atoms with Crippen molar-refractivity contribution < 1.29 is 14.3 Å². The maximum absolute atomic E-state index is 12.6. The van der Waals surface area contributed by atoms with E-state index in [1.807, 2.05) is 0 Å². The van der Waals surface area contributed by atoms with Gasteiger partial charge in [0.05, 0.1) is 12.6 Å². The first-order chi connectivity index (χ1) is 9.20. The summed E-state index contributed by atoms with van der Waals surface area (Å²) in [7, 11) is 0. The fourth-order valence-electron chi connectivity index (χ4n) is 3.58. The quantitative estimate of drug-likeness (QED) is 0.823. The summed E-state index contributed by atoms with van der Waals surface area (Å²) < 4.78 is 5.58. The van der Waals surface area contributed by atoms with Crippen molar-refractivity contribution in [1.82, 2.24) is 10.2 Å². The zero-order chi connectivity index (χ0) is 13.3. The molecule has 0 bridgehead atoms. The molecule has 2 aliphatic heterocycles. The molecule has 2 heterocycles. The molecule has 5 heteroatoms. The van der Waals surface area contributed by atoms with Gasteiger partial charge in [0.1, 0.15) is 5.54 Å². The number of hydrogen-bond acceptors (Lipinski definition) is 3. The lowest BCUT2D eigenvalue weighted by Gasteiger charge is -2.40. The van der Waals surface area contributed by atoms with E-state index in [0.29, 0.717) is 6.54 Å². The molecule has 3 fully saturated rings. The van der Waals surface area contributed by atoms with Crippen LogP contribution in [0.25, 0.3) is 0 Å². The van der Waals surface area contributed by atoms with Crippen LogP contribution in [-0.4, -0.2) is 48.1 Å². The zero-order valence-corrected chi connectivity index (χ0v) is 11.3. The van der Waals surface area contributed by atoms with Crippen molar-refractivity contribution in [2.45, 2.75) is 56.6 Å². The Bertz CT molecular complexity index is 371.